The molecule has 0 saturated carbocycles. The summed E-state index contributed by atoms with van der Waals surface area (Å²) in [6, 6.07) is 2.25. The zero-order valence-electron chi connectivity index (χ0n) is 8.32. The summed E-state index contributed by atoms with van der Waals surface area (Å²) in [7, 11) is 1.65. The molecule has 0 radical (unpaired) electrons. The van der Waals surface area contributed by atoms with E-state index in [-0.39, 0.29) is 11.4 Å². The molecule has 0 aliphatic carbocycles. The lowest BCUT2D eigenvalue weighted by Crippen LogP contribution is -2.05. The number of rotatable bonds is 3. The number of aromatic nitrogens is 1. The van der Waals surface area contributed by atoms with Crippen molar-refractivity contribution in [2.24, 2.45) is 0 Å². The second kappa shape index (κ2) is 4.81. The molecule has 0 aliphatic heterocycles. The van der Waals surface area contributed by atoms with Crippen LogP contribution in [0.25, 0.3) is 0 Å². The molecule has 0 saturated heterocycles. The molecule has 1 heterocycles. The van der Waals surface area contributed by atoms with E-state index in [0.29, 0.717) is 6.07 Å². The summed E-state index contributed by atoms with van der Waals surface area (Å²) in [4.78, 5) is 3.31. The van der Waals surface area contributed by atoms with Gasteiger partial charge < -0.3 is 4.74 Å². The van der Waals surface area contributed by atoms with Gasteiger partial charge in [-0.3, -0.25) is 0 Å². The maximum Gasteiger partial charge on any atom is 0.279 e. The molecular weight excluding hydrogens is 278 g/mol. The van der Waals surface area contributed by atoms with Crippen LogP contribution in [0.15, 0.2) is 11.1 Å². The zero-order chi connectivity index (χ0) is 13.2. The molecule has 9 heteroatoms. The van der Waals surface area contributed by atoms with Crippen LogP contribution in [0.2, 0.25) is 0 Å². The van der Waals surface area contributed by atoms with Crippen LogP contribution in [-0.2, 0) is 9.05 Å². The topological polar surface area (TPSA) is 80.0 Å². The van der Waals surface area contributed by atoms with Crippen LogP contribution in [0.1, 0.15) is 17.6 Å². The van der Waals surface area contributed by atoms with E-state index in [9.17, 15) is 17.2 Å². The van der Waals surface area contributed by atoms with Gasteiger partial charge >= 0.3 is 0 Å². The van der Waals surface area contributed by atoms with Crippen LogP contribution in [0.3, 0.4) is 0 Å². The molecule has 1 aromatic heterocycles. The summed E-state index contributed by atoms with van der Waals surface area (Å²) in [5.41, 5.74) is -1.23. The highest BCUT2D eigenvalue weighted by molar-refractivity contribution is 8.13. The average molecular weight is 283 g/mol. The maximum atomic E-state index is 12.6. The van der Waals surface area contributed by atoms with Crippen molar-refractivity contribution < 1.29 is 21.9 Å². The van der Waals surface area contributed by atoms with Crippen molar-refractivity contribution >= 4 is 19.7 Å². The van der Waals surface area contributed by atoms with Crippen LogP contribution < -0.4 is 4.74 Å². The highest BCUT2D eigenvalue weighted by Crippen LogP contribution is 2.31. The number of nitriles is 1. The molecule has 1 aromatic rings. The summed E-state index contributed by atoms with van der Waals surface area (Å²) >= 11 is 0. The Morgan fingerprint density at radius 2 is 2.18 bits per heavy atom. The molecule has 92 valence electrons. The van der Waals surface area contributed by atoms with E-state index >= 15 is 0 Å². The Bertz CT molecular complexity index is 583. The van der Waals surface area contributed by atoms with Gasteiger partial charge in [0.05, 0.1) is 12.7 Å². The largest absolute Gasteiger partial charge is 0.480 e. The second-order valence-corrected chi connectivity index (χ2v) is 5.27. The van der Waals surface area contributed by atoms with Gasteiger partial charge in [0.1, 0.15) is 11.6 Å². The first-order valence-corrected chi connectivity index (χ1v) is 6.34. The third-order valence-corrected chi connectivity index (χ3v) is 2.99. The number of pyridine rings is 1. The van der Waals surface area contributed by atoms with Gasteiger partial charge in [0.15, 0.2) is 5.03 Å². The predicted octanol–water partition coefficient (Wildman–Crippen LogP) is 1.83. The smallest absolute Gasteiger partial charge is 0.279 e. The number of hydrogen-bond acceptors (Lipinski definition) is 5. The van der Waals surface area contributed by atoms with E-state index < -0.39 is 26.1 Å². The first-order valence-electron chi connectivity index (χ1n) is 4.03. The zero-order valence-corrected chi connectivity index (χ0v) is 9.89. The third kappa shape index (κ3) is 2.81. The van der Waals surface area contributed by atoms with Gasteiger partial charge in [-0.25, -0.2) is 17.2 Å². The summed E-state index contributed by atoms with van der Waals surface area (Å²) in [5.74, 6) is -0.379. The monoisotopic (exact) mass is 282 g/mol. The van der Waals surface area contributed by atoms with Gasteiger partial charge in [-0.2, -0.15) is 10.2 Å². The van der Waals surface area contributed by atoms with Crippen molar-refractivity contribution in [2.45, 2.75) is 11.5 Å². The summed E-state index contributed by atoms with van der Waals surface area (Å²) in [6.45, 7) is 0. The molecule has 0 fully saturated rings. The van der Waals surface area contributed by atoms with Gasteiger partial charge in [-0.1, -0.05) is 0 Å². The van der Waals surface area contributed by atoms with E-state index in [1.807, 2.05) is 0 Å². The molecule has 0 aromatic carbocycles. The number of methoxy groups -OCH3 is 1. The van der Waals surface area contributed by atoms with Gasteiger partial charge in [0.25, 0.3) is 15.5 Å². The van der Waals surface area contributed by atoms with E-state index in [4.69, 9.17) is 15.9 Å². The van der Waals surface area contributed by atoms with Crippen molar-refractivity contribution in [1.29, 1.82) is 5.26 Å². The van der Waals surface area contributed by atoms with Crippen LogP contribution in [0.4, 0.5) is 8.78 Å². The van der Waals surface area contributed by atoms with Crippen molar-refractivity contribution in [3.63, 3.8) is 0 Å². The third-order valence-electron chi connectivity index (χ3n) is 1.76. The van der Waals surface area contributed by atoms with Gasteiger partial charge in [0, 0.05) is 10.7 Å². The van der Waals surface area contributed by atoms with Crippen molar-refractivity contribution in [3.05, 3.63) is 17.2 Å². The summed E-state index contributed by atoms with van der Waals surface area (Å²) < 4.78 is 51.9. The molecule has 17 heavy (non-hydrogen) atoms. The van der Waals surface area contributed by atoms with Crippen molar-refractivity contribution in [3.8, 4) is 11.9 Å². The first kappa shape index (κ1) is 13.6. The molecule has 1 rings (SSSR count). The van der Waals surface area contributed by atoms with Crippen molar-refractivity contribution in [2.75, 3.05) is 7.11 Å². The fourth-order valence-electron chi connectivity index (χ4n) is 1.08. The summed E-state index contributed by atoms with van der Waals surface area (Å²) in [6.07, 6.45) is -3.12. The minimum atomic E-state index is -4.44. The predicted molar refractivity (Wildman–Crippen MR) is 53.5 cm³/mol. The minimum absolute atomic E-state index is 0.299. The summed E-state index contributed by atoms with van der Waals surface area (Å²) in [5, 5.41) is 7.64. The van der Waals surface area contributed by atoms with E-state index in [1.165, 1.54) is 0 Å². The number of ether oxygens (including phenoxy) is 1. The number of halogens is 3. The average Bonchev–Trinajstić information content (AvgIpc) is 2.25. The SMILES string of the molecule is COc1nc(S(=O)(=O)Cl)c(C(F)F)cc1C#N. The van der Waals surface area contributed by atoms with Gasteiger partial charge in [-0.15, -0.1) is 0 Å². The molecule has 0 atom stereocenters. The first-order chi connectivity index (χ1) is 7.81. The Morgan fingerprint density at radius 3 is 2.53 bits per heavy atom. The van der Waals surface area contributed by atoms with Crippen molar-refractivity contribution in [1.82, 2.24) is 4.98 Å². The lowest BCUT2D eigenvalue weighted by atomic mass is 10.2. The highest BCUT2D eigenvalue weighted by atomic mass is 35.7. The number of hydrogen-bond donors (Lipinski definition) is 0. The van der Waals surface area contributed by atoms with E-state index in [2.05, 4.69) is 9.72 Å². The standard InChI is InChI=1S/C8H5ClF2N2O3S/c1-16-7-4(3-12)2-5(6(10)11)8(13-7)17(9,14)15/h2,6H,1H3. The van der Waals surface area contributed by atoms with E-state index in [0.717, 1.165) is 7.11 Å². The Hall–Kier alpha value is -1.46. The van der Waals surface area contributed by atoms with Crippen LogP contribution in [-0.4, -0.2) is 20.5 Å². The lowest BCUT2D eigenvalue weighted by molar-refractivity contribution is 0.146. The highest BCUT2D eigenvalue weighted by Gasteiger charge is 2.26. The van der Waals surface area contributed by atoms with Gasteiger partial charge in [-0.05, 0) is 6.07 Å². The number of nitrogens with zero attached hydrogens (tertiary/aromatic N) is 2. The Balaban J connectivity index is 3.65. The fourth-order valence-corrected chi connectivity index (χ4v) is 2.08. The minimum Gasteiger partial charge on any atom is -0.480 e. The van der Waals surface area contributed by atoms with E-state index in [1.54, 1.807) is 6.07 Å². The molecule has 0 unspecified atom stereocenters. The Morgan fingerprint density at radius 1 is 1.59 bits per heavy atom. The molecule has 0 amide bonds. The lowest BCUT2D eigenvalue weighted by Gasteiger charge is -2.08. The molecule has 0 bridgehead atoms. The Kier molecular flexibility index (Phi) is 3.85. The van der Waals surface area contributed by atoms with Crippen LogP contribution in [0, 0.1) is 11.3 Å². The molecule has 0 aliphatic rings. The normalized spacial score (nSPS) is 11.3. The molecule has 0 N–H and O–H groups in total. The number of alkyl halides is 2. The Labute approximate surface area is 100 Å². The fraction of sp³-hybridized carbons (Fsp3) is 0.250. The molecule has 5 nitrogen and oxygen atoms in total. The second-order valence-electron chi connectivity index (χ2n) is 2.79. The maximum absolute atomic E-state index is 12.6. The van der Waals surface area contributed by atoms with Crippen LogP contribution >= 0.6 is 10.7 Å². The van der Waals surface area contributed by atoms with Gasteiger partial charge in [0.2, 0.25) is 5.88 Å². The quantitative estimate of drug-likeness (QED) is 0.790. The molecular formula is C8H5ClF2N2O3S. The molecule has 0 spiro atoms. The van der Waals surface area contributed by atoms with Crippen LogP contribution in [0.5, 0.6) is 5.88 Å².